The molecule has 1 spiro atoms. The fourth-order valence-electron chi connectivity index (χ4n) is 3.75. The molecule has 2 aliphatic heterocycles. The maximum Gasteiger partial charge on any atom is 0.324 e. The van der Waals surface area contributed by atoms with Gasteiger partial charge in [0.05, 0.1) is 15.7 Å². The van der Waals surface area contributed by atoms with Crippen molar-refractivity contribution < 1.29 is 9.53 Å². The Morgan fingerprint density at radius 1 is 1.34 bits per heavy atom. The number of carbonyl (C=O) groups excluding carboxylic acids is 1. The first-order valence-corrected chi connectivity index (χ1v) is 9.97. The molecule has 2 saturated heterocycles. The minimum absolute atomic E-state index is 0.150. The number of nitrogens with zero attached hydrogens (tertiary/aromatic N) is 3. The van der Waals surface area contributed by atoms with Gasteiger partial charge in [-0.1, -0.05) is 23.2 Å². The number of H-pyrrole nitrogens is 1. The van der Waals surface area contributed by atoms with Crippen LogP contribution >= 0.6 is 23.2 Å². The highest BCUT2D eigenvalue weighted by Gasteiger charge is 2.59. The van der Waals surface area contributed by atoms with Crippen LogP contribution in [0.15, 0.2) is 12.1 Å². The molecule has 0 radical (unpaired) electrons. The number of nitrogens with one attached hydrogen (secondary N) is 3. The van der Waals surface area contributed by atoms with E-state index in [9.17, 15) is 4.79 Å². The summed E-state index contributed by atoms with van der Waals surface area (Å²) >= 11 is 13.0. The van der Waals surface area contributed by atoms with Crippen LogP contribution in [0.3, 0.4) is 0 Å². The molecule has 2 aromatic rings. The Hall–Kier alpha value is -2.23. The smallest absolute Gasteiger partial charge is 0.324 e. The van der Waals surface area contributed by atoms with E-state index < -0.39 is 5.60 Å². The molecule has 156 valence electrons. The molecule has 4 rings (SSSR count). The number of hydrogen-bond acceptors (Lipinski definition) is 8. The van der Waals surface area contributed by atoms with Crippen molar-refractivity contribution in [3.63, 3.8) is 0 Å². The summed E-state index contributed by atoms with van der Waals surface area (Å²) in [4.78, 5) is 18.5. The molecule has 1 aromatic carbocycles. The molecule has 0 saturated carbocycles. The van der Waals surface area contributed by atoms with Gasteiger partial charge in [-0.05, 0) is 32.9 Å². The molecule has 5 N–H and O–H groups in total. The number of rotatable bonds is 4. The fraction of sp³-hybridized carbons (Fsp3) is 0.500. The first-order valence-electron chi connectivity index (χ1n) is 9.21. The van der Waals surface area contributed by atoms with Gasteiger partial charge in [0.15, 0.2) is 0 Å². The molecule has 1 atom stereocenters. The number of aromatic nitrogens is 3. The number of hydrogen-bond donors (Lipinski definition) is 4. The van der Waals surface area contributed by atoms with E-state index in [1.807, 2.05) is 20.8 Å². The number of esters is 1. The monoisotopic (exact) mass is 439 g/mol. The molecular weight excluding hydrogens is 417 g/mol. The number of nitrogens with two attached hydrogens (primary N) is 1. The third kappa shape index (κ3) is 3.82. The molecule has 2 fully saturated rings. The van der Waals surface area contributed by atoms with Crippen LogP contribution in [-0.2, 0) is 9.53 Å². The molecular formula is C18H23Cl2N7O2. The number of aromatic amines is 1. The summed E-state index contributed by atoms with van der Waals surface area (Å²) in [5.41, 5.74) is 6.26. The lowest BCUT2D eigenvalue weighted by molar-refractivity contribution is -0.167. The summed E-state index contributed by atoms with van der Waals surface area (Å²) in [7, 11) is 0. The van der Waals surface area contributed by atoms with Gasteiger partial charge in [-0.2, -0.15) is 4.98 Å². The molecule has 3 heterocycles. The van der Waals surface area contributed by atoms with Gasteiger partial charge in [0.25, 0.3) is 0 Å². The largest absolute Gasteiger partial charge is 0.459 e. The van der Waals surface area contributed by atoms with Crippen molar-refractivity contribution in [2.45, 2.75) is 32.4 Å². The van der Waals surface area contributed by atoms with E-state index in [0.29, 0.717) is 34.8 Å². The Bertz CT molecular complexity index is 927. The van der Waals surface area contributed by atoms with Crippen LogP contribution < -0.4 is 21.3 Å². The van der Waals surface area contributed by atoms with Crippen molar-refractivity contribution in [2.75, 3.05) is 35.6 Å². The normalized spacial score (nSPS) is 20.2. The highest BCUT2D eigenvalue weighted by atomic mass is 35.5. The third-order valence-electron chi connectivity index (χ3n) is 5.02. The molecule has 0 amide bonds. The van der Waals surface area contributed by atoms with Crippen LogP contribution in [0, 0.1) is 5.41 Å². The van der Waals surface area contributed by atoms with E-state index in [1.165, 1.54) is 0 Å². The highest BCUT2D eigenvalue weighted by Crippen LogP contribution is 2.47. The second-order valence-corrected chi connectivity index (χ2v) is 9.34. The minimum Gasteiger partial charge on any atom is -0.459 e. The van der Waals surface area contributed by atoms with Crippen molar-refractivity contribution in [3.05, 3.63) is 22.2 Å². The molecule has 2 aliphatic rings. The lowest BCUT2D eigenvalue weighted by Crippen LogP contribution is -2.79. The molecule has 9 nitrogen and oxygen atoms in total. The van der Waals surface area contributed by atoms with Gasteiger partial charge in [-0.25, -0.2) is 5.10 Å². The molecule has 1 unspecified atom stereocenters. The van der Waals surface area contributed by atoms with Crippen molar-refractivity contribution >= 4 is 52.4 Å². The Morgan fingerprint density at radius 2 is 2.00 bits per heavy atom. The molecule has 11 heteroatoms. The van der Waals surface area contributed by atoms with E-state index in [4.69, 9.17) is 33.7 Å². The predicted molar refractivity (Wildman–Crippen MR) is 113 cm³/mol. The number of nitrogen functional groups attached to an aromatic ring is 1. The van der Waals surface area contributed by atoms with E-state index >= 15 is 0 Å². The second-order valence-electron chi connectivity index (χ2n) is 8.52. The molecule has 0 bridgehead atoms. The van der Waals surface area contributed by atoms with Crippen molar-refractivity contribution in [1.82, 2.24) is 20.5 Å². The average Bonchev–Trinajstić information content (AvgIpc) is 2.90. The number of ether oxygens (including phenoxy) is 1. The first-order chi connectivity index (χ1) is 13.6. The van der Waals surface area contributed by atoms with E-state index in [0.717, 1.165) is 12.2 Å². The van der Waals surface area contributed by atoms with Gasteiger partial charge >= 0.3 is 5.97 Å². The predicted octanol–water partition coefficient (Wildman–Crippen LogP) is 2.56. The first kappa shape index (κ1) is 20.1. The zero-order chi connectivity index (χ0) is 21.0. The van der Waals surface area contributed by atoms with Gasteiger partial charge < -0.3 is 26.0 Å². The van der Waals surface area contributed by atoms with Crippen LogP contribution in [0.5, 0.6) is 0 Å². The highest BCUT2D eigenvalue weighted by molar-refractivity contribution is 6.39. The summed E-state index contributed by atoms with van der Waals surface area (Å²) in [5, 5.41) is 13.7. The quantitative estimate of drug-likeness (QED) is 0.536. The number of carbonyl (C=O) groups is 1. The van der Waals surface area contributed by atoms with E-state index in [2.05, 4.69) is 30.7 Å². The molecule has 0 aliphatic carbocycles. The lowest BCUT2D eigenvalue weighted by atomic mass is 9.67. The number of benzene rings is 1. The maximum atomic E-state index is 12.5. The lowest BCUT2D eigenvalue weighted by Gasteiger charge is -2.60. The Morgan fingerprint density at radius 3 is 2.48 bits per heavy atom. The summed E-state index contributed by atoms with van der Waals surface area (Å²) in [6, 6.07) is 3.20. The van der Waals surface area contributed by atoms with Crippen molar-refractivity contribution in [1.29, 1.82) is 0 Å². The van der Waals surface area contributed by atoms with Gasteiger partial charge in [0.1, 0.15) is 11.6 Å². The number of anilines is 4. The molecule has 1 aromatic heterocycles. The van der Waals surface area contributed by atoms with Crippen molar-refractivity contribution in [3.8, 4) is 0 Å². The van der Waals surface area contributed by atoms with Crippen LogP contribution in [0.25, 0.3) is 0 Å². The zero-order valence-corrected chi connectivity index (χ0v) is 17.9. The summed E-state index contributed by atoms with van der Waals surface area (Å²) in [6.07, 6.45) is 0. The van der Waals surface area contributed by atoms with Gasteiger partial charge in [-0.3, -0.25) is 4.79 Å². The summed E-state index contributed by atoms with van der Waals surface area (Å²) < 4.78 is 5.53. The average molecular weight is 440 g/mol. The molecule has 29 heavy (non-hydrogen) atoms. The second kappa shape index (κ2) is 6.93. The van der Waals surface area contributed by atoms with Crippen LogP contribution in [-0.4, -0.2) is 52.4 Å². The van der Waals surface area contributed by atoms with Crippen LogP contribution in [0.1, 0.15) is 20.8 Å². The topological polar surface area (TPSA) is 121 Å². The summed E-state index contributed by atoms with van der Waals surface area (Å²) in [6.45, 7) is 7.71. The Balaban J connectivity index is 1.45. The van der Waals surface area contributed by atoms with Gasteiger partial charge in [-0.15, -0.1) is 5.10 Å². The van der Waals surface area contributed by atoms with Gasteiger partial charge in [0.2, 0.25) is 11.9 Å². The van der Waals surface area contributed by atoms with Crippen LogP contribution in [0.2, 0.25) is 10.0 Å². The van der Waals surface area contributed by atoms with Gasteiger partial charge in [0, 0.05) is 30.7 Å². The van der Waals surface area contributed by atoms with Crippen LogP contribution in [0.4, 0.5) is 23.3 Å². The SMILES string of the molecule is CC(C)(C)OC(=O)C1NCC12CN(c1c(Cl)cc(Nc3n[nH]c(N)n3)cc1Cl)C2. The Labute approximate surface area is 178 Å². The standard InChI is InChI=1S/C18H23Cl2N7O2/c1-17(2,3)29-14(28)13-18(6-22-13)7-27(8-18)12-10(19)4-9(5-11(12)20)23-16-24-15(21)25-26-16/h4-5,13,22H,6-8H2,1-3H3,(H4,21,23,24,25,26). The zero-order valence-electron chi connectivity index (χ0n) is 16.3. The fourth-order valence-corrected chi connectivity index (χ4v) is 4.48. The summed E-state index contributed by atoms with van der Waals surface area (Å²) in [5.74, 6) is 0.317. The maximum absolute atomic E-state index is 12.5. The van der Waals surface area contributed by atoms with E-state index in [1.54, 1.807) is 12.1 Å². The van der Waals surface area contributed by atoms with E-state index in [-0.39, 0.29) is 23.4 Å². The minimum atomic E-state index is -0.512. The third-order valence-corrected chi connectivity index (χ3v) is 5.59. The Kier molecular flexibility index (Phi) is 4.79. The number of halogens is 2. The van der Waals surface area contributed by atoms with Crippen molar-refractivity contribution in [2.24, 2.45) is 5.41 Å².